The summed E-state index contributed by atoms with van der Waals surface area (Å²) in [5, 5.41) is 4.49. The van der Waals surface area contributed by atoms with Gasteiger partial charge in [-0.3, -0.25) is 0 Å². The van der Waals surface area contributed by atoms with Gasteiger partial charge in [-0.2, -0.15) is 0 Å². The van der Waals surface area contributed by atoms with Gasteiger partial charge in [0.15, 0.2) is 5.75 Å². The van der Waals surface area contributed by atoms with E-state index in [1.54, 1.807) is 25.3 Å². The Bertz CT molecular complexity index is 1290. The summed E-state index contributed by atoms with van der Waals surface area (Å²) >= 11 is 2.18. The van der Waals surface area contributed by atoms with Crippen molar-refractivity contribution in [3.63, 3.8) is 0 Å². The molecule has 1 fully saturated rings. The molecule has 2 heterocycles. The number of allylic oxidation sites excluding steroid dienone is 2. The van der Waals surface area contributed by atoms with E-state index in [0.29, 0.717) is 40.9 Å². The summed E-state index contributed by atoms with van der Waals surface area (Å²) in [5.74, 6) is 4.97. The summed E-state index contributed by atoms with van der Waals surface area (Å²) in [6, 6.07) is 10.2. The molecular weight excluding hydrogens is 587 g/mol. The van der Waals surface area contributed by atoms with E-state index in [4.69, 9.17) is 14.2 Å². The van der Waals surface area contributed by atoms with E-state index >= 15 is 0 Å². The largest absolute Gasteiger partial charge is 0.499 e. The second kappa shape index (κ2) is 14.1. The Morgan fingerprint density at radius 2 is 1.92 bits per heavy atom. The number of amides is 1. The fourth-order valence-corrected chi connectivity index (χ4v) is 4.47. The van der Waals surface area contributed by atoms with Gasteiger partial charge in [0, 0.05) is 46.1 Å². The standard InChI is InChI=1S/C28H31IN2O4S/c1-5-6-12-24(34-4)26-25(19-30-27(26)20(2)33-3)35-28(32)31-16-13-22(14-17-31)23(15-18-36-29)21-10-8-7-9-11-21/h6-12,19,30H,5,13-14,16-17H2,1-4H3/b12-6+,26-24+,27-20-. The van der Waals surface area contributed by atoms with E-state index in [2.05, 4.69) is 49.5 Å². The first-order valence-electron chi connectivity index (χ1n) is 11.7. The first kappa shape index (κ1) is 27.8. The molecule has 1 aromatic heterocycles. The van der Waals surface area contributed by atoms with Crippen LogP contribution in [0.25, 0.3) is 17.1 Å². The molecule has 0 radical (unpaired) electrons. The first-order chi connectivity index (χ1) is 17.5. The second-order valence-electron chi connectivity index (χ2n) is 8.05. The third-order valence-corrected chi connectivity index (χ3v) is 6.77. The monoisotopic (exact) mass is 618 g/mol. The molecule has 0 unspecified atom stereocenters. The average Bonchev–Trinajstić information content (AvgIpc) is 3.33. The lowest BCUT2D eigenvalue weighted by Crippen LogP contribution is -2.39. The van der Waals surface area contributed by atoms with Crippen LogP contribution in [-0.2, 0) is 9.47 Å². The third-order valence-electron chi connectivity index (χ3n) is 5.93. The van der Waals surface area contributed by atoms with Gasteiger partial charge in [0.1, 0.15) is 11.5 Å². The average molecular weight is 619 g/mol. The molecule has 190 valence electrons. The van der Waals surface area contributed by atoms with Gasteiger partial charge >= 0.3 is 6.09 Å². The Hall–Kier alpha value is -2.77. The highest BCUT2D eigenvalue weighted by molar-refractivity contribution is 14.2. The predicted molar refractivity (Wildman–Crippen MR) is 156 cm³/mol. The first-order valence-corrected chi connectivity index (χ1v) is 15.1. The van der Waals surface area contributed by atoms with Gasteiger partial charge in [-0.1, -0.05) is 54.8 Å². The SMILES string of the molecule is CC/C=C/C(OC)=c1/c(OC(=O)N2CCC(=C(C#CSI)c3ccccc3)CC2)c[nH]/c1=C(/C)OC. The second-order valence-corrected chi connectivity index (χ2v) is 9.73. The zero-order valence-corrected chi connectivity index (χ0v) is 24.0. The molecule has 0 saturated carbocycles. The highest BCUT2D eigenvalue weighted by atomic mass is 127. The maximum Gasteiger partial charge on any atom is 0.415 e. The van der Waals surface area contributed by atoms with E-state index in [-0.39, 0.29) is 6.09 Å². The number of benzene rings is 1. The lowest BCUT2D eigenvalue weighted by molar-refractivity contribution is 0.148. The van der Waals surface area contributed by atoms with Crippen molar-refractivity contribution in [3.05, 3.63) is 70.4 Å². The Kier molecular flexibility index (Phi) is 10.9. The van der Waals surface area contributed by atoms with Gasteiger partial charge in [0.25, 0.3) is 0 Å². The molecule has 0 aliphatic carbocycles. The van der Waals surface area contributed by atoms with Crippen LogP contribution in [-0.4, -0.2) is 43.3 Å². The van der Waals surface area contributed by atoms with Gasteiger partial charge in [-0.25, -0.2) is 4.79 Å². The number of carbonyl (C=O) groups excluding carboxylic acids is 1. The summed E-state index contributed by atoms with van der Waals surface area (Å²) < 4.78 is 16.9. The van der Waals surface area contributed by atoms with Crippen molar-refractivity contribution in [3.8, 4) is 16.9 Å². The van der Waals surface area contributed by atoms with E-state index in [1.807, 2.05) is 44.2 Å². The maximum absolute atomic E-state index is 13.1. The lowest BCUT2D eigenvalue weighted by Gasteiger charge is -2.28. The van der Waals surface area contributed by atoms with E-state index in [0.717, 1.165) is 30.4 Å². The van der Waals surface area contributed by atoms with Crippen molar-refractivity contribution in [1.29, 1.82) is 0 Å². The zero-order valence-electron chi connectivity index (χ0n) is 21.0. The van der Waals surface area contributed by atoms with Crippen molar-refractivity contribution < 1.29 is 19.0 Å². The number of aromatic amines is 1. The number of halogens is 1. The van der Waals surface area contributed by atoms with E-state index < -0.39 is 0 Å². The number of likely N-dealkylation sites (tertiary alicyclic amines) is 1. The summed E-state index contributed by atoms with van der Waals surface area (Å²) in [7, 11) is 4.67. The number of methoxy groups -OCH3 is 2. The molecule has 1 N–H and O–H groups in total. The molecule has 1 aliphatic rings. The maximum atomic E-state index is 13.1. The number of ether oxygens (including phenoxy) is 3. The minimum atomic E-state index is -0.388. The molecule has 0 bridgehead atoms. The van der Waals surface area contributed by atoms with Crippen LogP contribution in [0.5, 0.6) is 5.75 Å². The fourth-order valence-electron chi connectivity index (χ4n) is 4.00. The summed E-state index contributed by atoms with van der Waals surface area (Å²) in [6.07, 6.45) is 7.50. The highest BCUT2D eigenvalue weighted by Gasteiger charge is 2.24. The van der Waals surface area contributed by atoms with Crippen LogP contribution in [0.1, 0.15) is 38.7 Å². The van der Waals surface area contributed by atoms with Crippen molar-refractivity contribution in [1.82, 2.24) is 9.88 Å². The smallest absolute Gasteiger partial charge is 0.415 e. The third kappa shape index (κ3) is 6.92. The van der Waals surface area contributed by atoms with Crippen LogP contribution < -0.4 is 15.3 Å². The molecule has 1 aliphatic heterocycles. The molecule has 8 heteroatoms. The number of aromatic nitrogens is 1. The van der Waals surface area contributed by atoms with E-state index in [1.165, 1.54) is 14.5 Å². The molecule has 1 saturated heterocycles. The Labute approximate surface area is 229 Å². The van der Waals surface area contributed by atoms with Crippen LogP contribution in [0.3, 0.4) is 0 Å². The minimum Gasteiger partial charge on any atom is -0.499 e. The number of piperidine rings is 1. The molecular formula is C28H31IN2O4S. The van der Waals surface area contributed by atoms with Gasteiger partial charge in [-0.15, -0.1) is 0 Å². The Balaban J connectivity index is 1.86. The molecule has 2 aromatic rings. The molecule has 0 spiro atoms. The summed E-state index contributed by atoms with van der Waals surface area (Å²) in [4.78, 5) is 18.1. The summed E-state index contributed by atoms with van der Waals surface area (Å²) in [6.45, 7) is 5.02. The number of rotatable bonds is 6. The predicted octanol–water partition coefficient (Wildman–Crippen LogP) is 5.60. The van der Waals surface area contributed by atoms with Crippen LogP contribution in [0.2, 0.25) is 0 Å². The molecule has 3 rings (SSSR count). The molecule has 6 nitrogen and oxygen atoms in total. The molecule has 1 aromatic carbocycles. The number of nitrogens with one attached hydrogen (secondary N) is 1. The van der Waals surface area contributed by atoms with Crippen LogP contribution in [0.4, 0.5) is 4.79 Å². The van der Waals surface area contributed by atoms with Crippen molar-refractivity contribution in [2.24, 2.45) is 0 Å². The van der Waals surface area contributed by atoms with Gasteiger partial charge in [-0.05, 0) is 52.0 Å². The fraction of sp³-hybridized carbons (Fsp3) is 0.321. The Morgan fingerprint density at radius 1 is 1.19 bits per heavy atom. The van der Waals surface area contributed by atoms with Gasteiger partial charge in [0.05, 0.1) is 24.8 Å². The van der Waals surface area contributed by atoms with Crippen LogP contribution in [0.15, 0.2) is 54.3 Å². The van der Waals surface area contributed by atoms with Gasteiger partial charge in [0.2, 0.25) is 0 Å². The topological polar surface area (TPSA) is 63.8 Å². The number of carbonyl (C=O) groups is 1. The van der Waals surface area contributed by atoms with Gasteiger partial charge < -0.3 is 24.1 Å². The minimum absolute atomic E-state index is 0.388. The van der Waals surface area contributed by atoms with Crippen LogP contribution >= 0.6 is 30.1 Å². The number of hydrogen-bond acceptors (Lipinski definition) is 5. The molecule has 1 amide bonds. The van der Waals surface area contributed by atoms with Crippen molar-refractivity contribution >= 4 is 53.3 Å². The van der Waals surface area contributed by atoms with E-state index in [9.17, 15) is 4.79 Å². The highest BCUT2D eigenvalue weighted by Crippen LogP contribution is 2.27. The number of H-pyrrole nitrogens is 1. The molecule has 36 heavy (non-hydrogen) atoms. The number of hydrogen-bond donors (Lipinski definition) is 1. The Morgan fingerprint density at radius 3 is 2.53 bits per heavy atom. The van der Waals surface area contributed by atoms with Crippen LogP contribution in [0, 0.1) is 11.2 Å². The molecule has 0 atom stereocenters. The normalized spacial score (nSPS) is 15.1. The quantitative estimate of drug-likeness (QED) is 0.338. The lowest BCUT2D eigenvalue weighted by atomic mass is 9.94. The van der Waals surface area contributed by atoms with Crippen molar-refractivity contribution in [2.75, 3.05) is 27.3 Å². The zero-order chi connectivity index (χ0) is 25.9. The number of nitrogens with zero attached hydrogens (tertiary/aromatic N) is 1. The summed E-state index contributed by atoms with van der Waals surface area (Å²) in [5.41, 5.74) is 3.43. The van der Waals surface area contributed by atoms with Crippen molar-refractivity contribution in [2.45, 2.75) is 33.1 Å².